The van der Waals surface area contributed by atoms with Crippen LogP contribution in [0, 0.1) is 25.7 Å². The Labute approximate surface area is 101 Å². The van der Waals surface area contributed by atoms with E-state index in [-0.39, 0.29) is 0 Å². The maximum atomic E-state index is 4.00. The largest absolute Gasteiger partial charge is 0.124 e. The lowest BCUT2D eigenvalue weighted by Gasteiger charge is -1.68. The van der Waals surface area contributed by atoms with Crippen molar-refractivity contribution in [1.82, 2.24) is 0 Å². The topological polar surface area (TPSA) is 0 Å². The summed E-state index contributed by atoms with van der Waals surface area (Å²) in [5, 5.41) is 0. The molecular weight excluding hydrogens is 180 g/mol. The number of terminal acetylenes is 2. The van der Waals surface area contributed by atoms with E-state index in [2.05, 4.69) is 53.4 Å². The fraction of sp³-hybridized carbons (Fsp3) is 0.733. The quantitative estimate of drug-likeness (QED) is 0.486. The highest BCUT2D eigenvalue weighted by Crippen LogP contribution is 1.76. The molecule has 0 N–H and O–H groups in total. The third-order valence-corrected chi connectivity index (χ3v) is 0.500. The number of hydrogen-bond acceptors (Lipinski definition) is 0. The Morgan fingerprint density at radius 3 is 0.600 bits per heavy atom. The molecule has 0 saturated heterocycles. The van der Waals surface area contributed by atoms with Crippen LogP contribution in [0.15, 0.2) is 0 Å². The molecule has 0 heteroatoms. The Hall–Kier alpha value is -0.880. The van der Waals surface area contributed by atoms with Crippen LogP contribution in [-0.2, 0) is 0 Å². The Balaban J connectivity index is -0.0000000168. The molecule has 0 fully saturated rings. The summed E-state index contributed by atoms with van der Waals surface area (Å²) in [6.07, 6.45) is 19.9. The minimum absolute atomic E-state index is 1.25. The molecule has 0 bridgehead atoms. The number of hydrogen-bond donors (Lipinski definition) is 0. The van der Waals surface area contributed by atoms with Crippen molar-refractivity contribution in [1.29, 1.82) is 0 Å². The van der Waals surface area contributed by atoms with Gasteiger partial charge in [0.25, 0.3) is 0 Å². The lowest BCUT2D eigenvalue weighted by Crippen LogP contribution is -1.47. The average molecular weight is 214 g/mol. The van der Waals surface area contributed by atoms with Crippen molar-refractivity contribution in [3.8, 4) is 25.7 Å². The molecule has 94 valence electrons. The molecule has 0 aliphatic rings. The Bertz CT molecular complexity index is 39.5. The second-order valence-electron chi connectivity index (χ2n) is 1.71. The lowest BCUT2D eigenvalue weighted by molar-refractivity contribution is 0.886. The van der Waals surface area contributed by atoms with Crippen molar-refractivity contribution in [2.75, 3.05) is 0 Å². The van der Waals surface area contributed by atoms with Crippen LogP contribution in [0.4, 0.5) is 0 Å². The van der Waals surface area contributed by atoms with Gasteiger partial charge in [-0.3, -0.25) is 0 Å². The van der Waals surface area contributed by atoms with Gasteiger partial charge in [0.2, 0.25) is 0 Å². The van der Waals surface area contributed by atoms with Gasteiger partial charge in [-0.05, 0) is 0 Å². The second kappa shape index (κ2) is 429. The molecule has 15 heavy (non-hydrogen) atoms. The normalized spacial score (nSPS) is 4.27. The van der Waals surface area contributed by atoms with Crippen LogP contribution >= 0.6 is 0 Å². The van der Waals surface area contributed by atoms with E-state index in [4.69, 9.17) is 0 Å². The van der Waals surface area contributed by atoms with Crippen LogP contribution in [0.1, 0.15) is 74.7 Å². The zero-order valence-electron chi connectivity index (χ0n) is 12.4. The van der Waals surface area contributed by atoms with Gasteiger partial charge in [-0.25, -0.2) is 0 Å². The van der Waals surface area contributed by atoms with Crippen LogP contribution in [0.5, 0.6) is 0 Å². The van der Waals surface area contributed by atoms with Crippen molar-refractivity contribution in [2.45, 2.75) is 74.7 Å². The fourth-order valence-electron chi connectivity index (χ4n) is 0. The molecule has 0 unspecified atom stereocenters. The first-order valence-corrected chi connectivity index (χ1v) is 6.00. The second-order valence-corrected chi connectivity index (χ2v) is 1.71. The van der Waals surface area contributed by atoms with Crippen molar-refractivity contribution in [2.24, 2.45) is 0 Å². The van der Waals surface area contributed by atoms with E-state index in [0.717, 1.165) is 0 Å². The molecule has 0 aliphatic carbocycles. The standard InChI is InChI=1S/C4H10.C3H8.2C2H6.2C2H2/c1-3-4-2;1-3-2;4*1-2/h3-4H2,1-2H3;3H2,1-2H3;2*1-2H3;2*1-2H. The molecule has 0 amide bonds. The van der Waals surface area contributed by atoms with Crippen LogP contribution in [-0.4, -0.2) is 0 Å². The molecule has 0 aromatic heterocycles. The Morgan fingerprint density at radius 2 is 0.600 bits per heavy atom. The van der Waals surface area contributed by atoms with Gasteiger partial charge in [0.05, 0.1) is 0 Å². The molecule has 0 nitrogen and oxygen atoms in total. The zero-order chi connectivity index (χ0) is 14.1. The van der Waals surface area contributed by atoms with Crippen molar-refractivity contribution in [3.63, 3.8) is 0 Å². The molecule has 0 aromatic carbocycles. The van der Waals surface area contributed by atoms with Crippen LogP contribution < -0.4 is 0 Å². The van der Waals surface area contributed by atoms with E-state index in [9.17, 15) is 0 Å². The zero-order valence-corrected chi connectivity index (χ0v) is 12.4. The average Bonchev–Trinajstić information content (AvgIpc) is 2.39. The van der Waals surface area contributed by atoms with E-state index in [1.807, 2.05) is 27.7 Å². The molecule has 0 radical (unpaired) electrons. The predicted molar refractivity (Wildman–Crippen MR) is 79.0 cm³/mol. The summed E-state index contributed by atoms with van der Waals surface area (Å²) >= 11 is 0. The van der Waals surface area contributed by atoms with Gasteiger partial charge < -0.3 is 0 Å². The summed E-state index contributed by atoms with van der Waals surface area (Å²) in [5.74, 6) is 0. The maximum absolute atomic E-state index is 4.00. The van der Waals surface area contributed by atoms with E-state index in [1.165, 1.54) is 19.3 Å². The van der Waals surface area contributed by atoms with Crippen LogP contribution in [0.3, 0.4) is 0 Å². The molecule has 0 saturated carbocycles. The van der Waals surface area contributed by atoms with Gasteiger partial charge in [-0.2, -0.15) is 0 Å². The van der Waals surface area contributed by atoms with Gasteiger partial charge in [0.1, 0.15) is 0 Å². The van der Waals surface area contributed by atoms with Gasteiger partial charge in [-0.1, -0.05) is 74.7 Å². The summed E-state index contributed by atoms with van der Waals surface area (Å²) in [5.41, 5.74) is 0. The van der Waals surface area contributed by atoms with Gasteiger partial charge in [0, 0.05) is 0 Å². The van der Waals surface area contributed by atoms with Gasteiger partial charge in [0.15, 0.2) is 0 Å². The summed E-state index contributed by atoms with van der Waals surface area (Å²) < 4.78 is 0. The molecule has 0 atom stereocenters. The smallest absolute Gasteiger partial charge is 0.0564 e. The predicted octanol–water partition coefficient (Wildman–Crippen LogP) is 5.77. The molecule has 0 aliphatic heterocycles. The van der Waals surface area contributed by atoms with E-state index in [0.29, 0.717) is 0 Å². The van der Waals surface area contributed by atoms with Crippen LogP contribution in [0.25, 0.3) is 0 Å². The highest BCUT2D eigenvalue weighted by atomic mass is 13.6. The lowest BCUT2D eigenvalue weighted by atomic mass is 10.4. The first-order valence-electron chi connectivity index (χ1n) is 6.00. The van der Waals surface area contributed by atoms with Crippen LogP contribution in [0.2, 0.25) is 0 Å². The third-order valence-electron chi connectivity index (χ3n) is 0.500. The molecular formula is C15H34. The van der Waals surface area contributed by atoms with E-state index < -0.39 is 0 Å². The molecule has 0 aromatic rings. The van der Waals surface area contributed by atoms with Crippen molar-refractivity contribution in [3.05, 3.63) is 0 Å². The molecule has 0 heterocycles. The maximum Gasteiger partial charge on any atom is -0.0564 e. The third kappa shape index (κ3) is 113000. The fourth-order valence-corrected chi connectivity index (χ4v) is 0. The summed E-state index contributed by atoms with van der Waals surface area (Å²) in [6, 6.07) is 0. The summed E-state index contributed by atoms with van der Waals surface area (Å²) in [6.45, 7) is 16.6. The number of rotatable bonds is 1. The SMILES string of the molecule is C#C.C#C.CC.CC.CCC.CCCC. The number of unbranched alkanes of at least 4 members (excludes halogenated alkanes) is 1. The van der Waals surface area contributed by atoms with Gasteiger partial charge in [-0.15, -0.1) is 25.7 Å². The first-order chi connectivity index (χ1) is 7.33. The Kier molecular flexibility index (Phi) is 1050. The Morgan fingerprint density at radius 1 is 0.533 bits per heavy atom. The van der Waals surface area contributed by atoms with E-state index >= 15 is 0 Å². The molecule has 0 rings (SSSR count). The monoisotopic (exact) mass is 214 g/mol. The minimum atomic E-state index is 1.25. The highest BCUT2D eigenvalue weighted by Gasteiger charge is 1.56. The van der Waals surface area contributed by atoms with Crippen molar-refractivity contribution < 1.29 is 0 Å². The van der Waals surface area contributed by atoms with Gasteiger partial charge >= 0.3 is 0 Å². The highest BCUT2D eigenvalue weighted by molar-refractivity contribution is 4.47. The minimum Gasteiger partial charge on any atom is -0.124 e. The molecule has 0 spiro atoms. The summed E-state index contributed by atoms with van der Waals surface area (Å²) in [7, 11) is 0. The van der Waals surface area contributed by atoms with E-state index in [1.54, 1.807) is 0 Å². The van der Waals surface area contributed by atoms with Crippen molar-refractivity contribution >= 4 is 0 Å². The first kappa shape index (κ1) is 36.9. The summed E-state index contributed by atoms with van der Waals surface area (Å²) in [4.78, 5) is 0.